The molecule has 1 aliphatic rings. The number of benzene rings is 1. The molecule has 2 aromatic heterocycles. The predicted molar refractivity (Wildman–Crippen MR) is 114 cm³/mol. The van der Waals surface area contributed by atoms with E-state index in [2.05, 4.69) is 4.98 Å². The SMILES string of the molecule is CCN(Cc1ccccc1)C(=O)C1CN(C(=O)c2cccs2)Cc2cccnc21. The molecule has 29 heavy (non-hydrogen) atoms. The smallest absolute Gasteiger partial charge is 0.264 e. The number of rotatable bonds is 5. The fourth-order valence-electron chi connectivity index (χ4n) is 3.75. The summed E-state index contributed by atoms with van der Waals surface area (Å²) in [6, 6.07) is 17.5. The highest BCUT2D eigenvalue weighted by Crippen LogP contribution is 2.30. The molecule has 0 aliphatic carbocycles. The number of nitrogens with zero attached hydrogens (tertiary/aromatic N) is 3. The van der Waals surface area contributed by atoms with Crippen molar-refractivity contribution in [2.75, 3.05) is 13.1 Å². The molecule has 0 N–H and O–H groups in total. The Morgan fingerprint density at radius 2 is 1.97 bits per heavy atom. The number of hydrogen-bond acceptors (Lipinski definition) is 4. The fraction of sp³-hybridized carbons (Fsp3) is 0.261. The van der Waals surface area contributed by atoms with Crippen LogP contribution >= 0.6 is 11.3 Å². The van der Waals surface area contributed by atoms with Crippen molar-refractivity contribution < 1.29 is 9.59 Å². The Morgan fingerprint density at radius 1 is 1.14 bits per heavy atom. The van der Waals surface area contributed by atoms with Gasteiger partial charge in [-0.2, -0.15) is 0 Å². The maximum Gasteiger partial charge on any atom is 0.264 e. The van der Waals surface area contributed by atoms with E-state index in [4.69, 9.17) is 0 Å². The number of hydrogen-bond donors (Lipinski definition) is 0. The zero-order valence-corrected chi connectivity index (χ0v) is 17.1. The Hall–Kier alpha value is -2.99. The minimum atomic E-state index is -0.451. The van der Waals surface area contributed by atoms with E-state index < -0.39 is 5.92 Å². The Labute approximate surface area is 174 Å². The summed E-state index contributed by atoms with van der Waals surface area (Å²) in [5.74, 6) is -0.467. The van der Waals surface area contributed by atoms with E-state index in [0.717, 1.165) is 16.8 Å². The van der Waals surface area contributed by atoms with E-state index >= 15 is 0 Å². The van der Waals surface area contributed by atoms with Crippen molar-refractivity contribution in [1.82, 2.24) is 14.8 Å². The number of pyridine rings is 1. The summed E-state index contributed by atoms with van der Waals surface area (Å²) in [6.07, 6.45) is 1.73. The molecule has 0 spiro atoms. The van der Waals surface area contributed by atoms with Gasteiger partial charge in [0.05, 0.1) is 16.5 Å². The highest BCUT2D eigenvalue weighted by molar-refractivity contribution is 7.12. The van der Waals surface area contributed by atoms with Crippen molar-refractivity contribution in [2.24, 2.45) is 0 Å². The molecule has 0 saturated carbocycles. The molecule has 5 nitrogen and oxygen atoms in total. The molecule has 0 fully saturated rings. The second kappa shape index (κ2) is 8.57. The first-order chi connectivity index (χ1) is 14.2. The van der Waals surface area contributed by atoms with Crippen LogP contribution in [0.3, 0.4) is 0 Å². The normalized spacial score (nSPS) is 15.6. The molecule has 0 radical (unpaired) electrons. The number of carbonyl (C=O) groups excluding carboxylic acids is 2. The van der Waals surface area contributed by atoms with E-state index in [1.54, 1.807) is 11.1 Å². The molecular weight excluding hydrogens is 382 g/mol. The average Bonchev–Trinajstić information content (AvgIpc) is 3.31. The van der Waals surface area contributed by atoms with Crippen molar-refractivity contribution >= 4 is 23.2 Å². The lowest BCUT2D eigenvalue weighted by Gasteiger charge is -2.35. The molecule has 1 unspecified atom stereocenters. The summed E-state index contributed by atoms with van der Waals surface area (Å²) in [5, 5.41) is 1.90. The summed E-state index contributed by atoms with van der Waals surface area (Å²) < 4.78 is 0. The van der Waals surface area contributed by atoms with Crippen LogP contribution in [-0.4, -0.2) is 39.7 Å². The Balaban J connectivity index is 1.61. The van der Waals surface area contributed by atoms with E-state index in [9.17, 15) is 9.59 Å². The topological polar surface area (TPSA) is 53.5 Å². The first kappa shape index (κ1) is 19.3. The minimum Gasteiger partial charge on any atom is -0.338 e. The van der Waals surface area contributed by atoms with Gasteiger partial charge in [0.1, 0.15) is 0 Å². The standard InChI is InChI=1S/C23H23N3O2S/c1-2-25(14-17-8-4-3-5-9-17)22(27)19-16-26(23(28)20-11-7-13-29-20)15-18-10-6-12-24-21(18)19/h3-13,19H,2,14-16H2,1H3. The first-order valence-corrected chi connectivity index (χ1v) is 10.6. The van der Waals surface area contributed by atoms with E-state index in [0.29, 0.717) is 31.1 Å². The predicted octanol–water partition coefficient (Wildman–Crippen LogP) is 3.93. The zero-order chi connectivity index (χ0) is 20.2. The molecule has 0 saturated heterocycles. The summed E-state index contributed by atoms with van der Waals surface area (Å²) in [7, 11) is 0. The summed E-state index contributed by atoms with van der Waals surface area (Å²) in [4.78, 5) is 35.3. The molecule has 1 aliphatic heterocycles. The van der Waals surface area contributed by atoms with Gasteiger partial charge in [-0.15, -0.1) is 11.3 Å². The second-order valence-electron chi connectivity index (χ2n) is 7.10. The van der Waals surface area contributed by atoms with Crippen LogP contribution < -0.4 is 0 Å². The molecule has 6 heteroatoms. The van der Waals surface area contributed by atoms with E-state index in [-0.39, 0.29) is 11.8 Å². The van der Waals surface area contributed by atoms with Crippen LogP contribution in [0.2, 0.25) is 0 Å². The van der Waals surface area contributed by atoms with Crippen LogP contribution in [0.25, 0.3) is 0 Å². The molecule has 4 rings (SSSR count). The Kier molecular flexibility index (Phi) is 5.71. The number of fused-ring (bicyclic) bond motifs is 1. The highest BCUT2D eigenvalue weighted by Gasteiger charge is 2.36. The summed E-state index contributed by atoms with van der Waals surface area (Å²) in [6.45, 7) is 3.97. The van der Waals surface area contributed by atoms with Crippen molar-refractivity contribution in [1.29, 1.82) is 0 Å². The lowest BCUT2D eigenvalue weighted by Crippen LogP contribution is -2.45. The number of likely N-dealkylation sites (N-methyl/N-ethyl adjacent to an activating group) is 1. The van der Waals surface area contributed by atoms with Crippen LogP contribution in [-0.2, 0) is 17.9 Å². The van der Waals surface area contributed by atoms with Gasteiger partial charge in [-0.25, -0.2) is 0 Å². The monoisotopic (exact) mass is 405 g/mol. The lowest BCUT2D eigenvalue weighted by molar-refractivity contribution is -0.134. The van der Waals surface area contributed by atoms with Crippen molar-refractivity contribution in [3.8, 4) is 0 Å². The van der Waals surface area contributed by atoms with E-state index in [1.807, 2.05) is 71.8 Å². The first-order valence-electron chi connectivity index (χ1n) is 9.76. The molecule has 2 amide bonds. The van der Waals surface area contributed by atoms with E-state index in [1.165, 1.54) is 11.3 Å². The molecule has 3 heterocycles. The lowest BCUT2D eigenvalue weighted by atomic mass is 9.93. The van der Waals surface area contributed by atoms with Gasteiger partial charge in [0.15, 0.2) is 0 Å². The fourth-order valence-corrected chi connectivity index (χ4v) is 4.44. The Bertz CT molecular complexity index is 988. The van der Waals surface area contributed by atoms with Crippen LogP contribution in [0.15, 0.2) is 66.2 Å². The summed E-state index contributed by atoms with van der Waals surface area (Å²) in [5.41, 5.74) is 2.82. The number of aromatic nitrogens is 1. The highest BCUT2D eigenvalue weighted by atomic mass is 32.1. The van der Waals surface area contributed by atoms with Gasteiger partial charge in [0, 0.05) is 32.4 Å². The molecular formula is C23H23N3O2S. The minimum absolute atomic E-state index is 0.0139. The molecule has 148 valence electrons. The van der Waals surface area contributed by atoms with Gasteiger partial charge in [-0.3, -0.25) is 14.6 Å². The maximum atomic E-state index is 13.5. The van der Waals surface area contributed by atoms with Gasteiger partial charge in [-0.05, 0) is 35.6 Å². The van der Waals surface area contributed by atoms with Gasteiger partial charge >= 0.3 is 0 Å². The van der Waals surface area contributed by atoms with Gasteiger partial charge < -0.3 is 9.80 Å². The molecule has 1 aromatic carbocycles. The average molecular weight is 406 g/mol. The molecule has 3 aromatic rings. The van der Waals surface area contributed by atoms with Gasteiger partial charge in [-0.1, -0.05) is 42.5 Å². The van der Waals surface area contributed by atoms with Crippen molar-refractivity contribution in [3.63, 3.8) is 0 Å². The third-order valence-corrected chi connectivity index (χ3v) is 6.11. The number of amides is 2. The molecule has 1 atom stereocenters. The second-order valence-corrected chi connectivity index (χ2v) is 8.05. The largest absolute Gasteiger partial charge is 0.338 e. The third-order valence-electron chi connectivity index (χ3n) is 5.25. The van der Waals surface area contributed by atoms with Crippen LogP contribution in [0.4, 0.5) is 0 Å². The molecule has 0 bridgehead atoms. The third kappa shape index (κ3) is 4.07. The zero-order valence-electron chi connectivity index (χ0n) is 16.3. The van der Waals surface area contributed by atoms with Crippen molar-refractivity contribution in [2.45, 2.75) is 25.9 Å². The Morgan fingerprint density at radius 3 is 2.69 bits per heavy atom. The van der Waals surface area contributed by atoms with Crippen LogP contribution in [0.5, 0.6) is 0 Å². The van der Waals surface area contributed by atoms with Gasteiger partial charge in [0.2, 0.25) is 5.91 Å². The van der Waals surface area contributed by atoms with Crippen molar-refractivity contribution in [3.05, 3.63) is 87.9 Å². The quantitative estimate of drug-likeness (QED) is 0.646. The summed E-state index contributed by atoms with van der Waals surface area (Å²) >= 11 is 1.43. The van der Waals surface area contributed by atoms with Crippen LogP contribution in [0, 0.1) is 0 Å². The van der Waals surface area contributed by atoms with Crippen LogP contribution in [0.1, 0.15) is 39.3 Å². The number of carbonyl (C=O) groups is 2. The number of thiophene rings is 1. The van der Waals surface area contributed by atoms with Gasteiger partial charge in [0.25, 0.3) is 5.91 Å². The maximum absolute atomic E-state index is 13.5.